The first-order valence-electron chi connectivity index (χ1n) is 6.99. The van der Waals surface area contributed by atoms with Gasteiger partial charge in [0.05, 0.1) is 17.6 Å². The smallest absolute Gasteiger partial charge is 0.368 e. The van der Waals surface area contributed by atoms with Gasteiger partial charge in [0, 0.05) is 17.7 Å². The van der Waals surface area contributed by atoms with E-state index in [1.54, 1.807) is 43.5 Å². The Kier molecular flexibility index (Phi) is 4.07. The molecule has 0 saturated carbocycles. The summed E-state index contributed by atoms with van der Waals surface area (Å²) in [7, 11) is 1.56. The van der Waals surface area contributed by atoms with Gasteiger partial charge >= 0.3 is 5.97 Å². The fourth-order valence-electron chi connectivity index (χ4n) is 2.25. The summed E-state index contributed by atoms with van der Waals surface area (Å²) in [4.78, 5) is 27.1. The molecule has 0 fully saturated rings. The number of rotatable bonds is 4. The number of carbonyl (C=O) groups is 1. The van der Waals surface area contributed by atoms with Crippen molar-refractivity contribution in [3.05, 3.63) is 75.3 Å². The number of benzene rings is 2. The normalized spacial score (nSPS) is 15.1. The van der Waals surface area contributed by atoms with Crippen LogP contribution in [0.15, 0.2) is 59.3 Å². The van der Waals surface area contributed by atoms with E-state index in [1.165, 1.54) is 18.2 Å². The molecule has 7 heteroatoms. The number of ether oxygens (including phenoxy) is 1. The average Bonchev–Trinajstić information content (AvgIpc) is 2.96. The van der Waals surface area contributed by atoms with E-state index in [0.29, 0.717) is 11.3 Å². The van der Waals surface area contributed by atoms with E-state index in [0.717, 1.165) is 5.56 Å². The Balaban J connectivity index is 1.98. The van der Waals surface area contributed by atoms with Crippen LogP contribution in [0.3, 0.4) is 0 Å². The lowest BCUT2D eigenvalue weighted by Crippen LogP contribution is -2.07. The Bertz CT molecular complexity index is 869. The number of carbonyl (C=O) groups excluding carboxylic acids is 1. The van der Waals surface area contributed by atoms with Crippen LogP contribution in [-0.2, 0) is 9.63 Å². The van der Waals surface area contributed by atoms with E-state index in [-0.39, 0.29) is 17.0 Å². The van der Waals surface area contributed by atoms with Gasteiger partial charge in [-0.3, -0.25) is 10.1 Å². The van der Waals surface area contributed by atoms with Crippen LogP contribution in [0.5, 0.6) is 5.75 Å². The summed E-state index contributed by atoms with van der Waals surface area (Å²) in [6.45, 7) is 0. The first-order valence-corrected chi connectivity index (χ1v) is 6.99. The predicted molar refractivity (Wildman–Crippen MR) is 86.7 cm³/mol. The van der Waals surface area contributed by atoms with Crippen molar-refractivity contribution >= 4 is 23.4 Å². The first-order chi connectivity index (χ1) is 11.6. The molecule has 0 aromatic heterocycles. The third-order valence-corrected chi connectivity index (χ3v) is 3.45. The van der Waals surface area contributed by atoms with Gasteiger partial charge in [0.25, 0.3) is 5.69 Å². The Morgan fingerprint density at radius 2 is 1.96 bits per heavy atom. The number of non-ortho nitro benzene ring substituents is 1. The molecule has 3 rings (SSSR count). The molecule has 0 aliphatic carbocycles. The van der Waals surface area contributed by atoms with E-state index in [4.69, 9.17) is 9.57 Å². The van der Waals surface area contributed by atoms with E-state index >= 15 is 0 Å². The van der Waals surface area contributed by atoms with Crippen LogP contribution in [0.25, 0.3) is 6.08 Å². The van der Waals surface area contributed by atoms with Crippen molar-refractivity contribution in [3.8, 4) is 5.75 Å². The highest BCUT2D eigenvalue weighted by Gasteiger charge is 2.27. The van der Waals surface area contributed by atoms with Crippen LogP contribution >= 0.6 is 0 Å². The summed E-state index contributed by atoms with van der Waals surface area (Å²) in [6, 6.07) is 13.0. The minimum Gasteiger partial charge on any atom is -0.497 e. The highest BCUT2D eigenvalue weighted by atomic mass is 16.7. The molecule has 0 saturated heterocycles. The summed E-state index contributed by atoms with van der Waals surface area (Å²) in [5.74, 6) is 0.0889. The Hall–Kier alpha value is -3.48. The number of nitro benzene ring substituents is 1. The molecule has 1 aliphatic rings. The third-order valence-electron chi connectivity index (χ3n) is 3.45. The van der Waals surface area contributed by atoms with Gasteiger partial charge in [-0.25, -0.2) is 4.79 Å². The van der Waals surface area contributed by atoms with Crippen LogP contribution in [0, 0.1) is 10.1 Å². The molecule has 2 aromatic rings. The van der Waals surface area contributed by atoms with Crippen molar-refractivity contribution in [1.82, 2.24) is 0 Å². The number of hydrogen-bond donors (Lipinski definition) is 0. The molecule has 7 nitrogen and oxygen atoms in total. The van der Waals surface area contributed by atoms with Gasteiger partial charge in [0.1, 0.15) is 11.5 Å². The van der Waals surface area contributed by atoms with Crippen LogP contribution < -0.4 is 4.74 Å². The first kappa shape index (κ1) is 15.4. The molecule has 0 spiro atoms. The fraction of sp³-hybridized carbons (Fsp3) is 0.0588. The molecule has 24 heavy (non-hydrogen) atoms. The van der Waals surface area contributed by atoms with Crippen LogP contribution in [0.4, 0.5) is 5.69 Å². The van der Waals surface area contributed by atoms with Gasteiger partial charge in [0.2, 0.25) is 0 Å². The van der Waals surface area contributed by atoms with Crippen molar-refractivity contribution < 1.29 is 19.3 Å². The fourth-order valence-corrected chi connectivity index (χ4v) is 2.25. The van der Waals surface area contributed by atoms with Crippen molar-refractivity contribution in [1.29, 1.82) is 0 Å². The maximum Gasteiger partial charge on any atom is 0.368 e. The van der Waals surface area contributed by atoms with Gasteiger partial charge in [-0.05, 0) is 23.8 Å². The molecular formula is C17H12N2O5. The maximum absolute atomic E-state index is 11.9. The quantitative estimate of drug-likeness (QED) is 0.373. The second-order valence-electron chi connectivity index (χ2n) is 4.96. The Morgan fingerprint density at radius 3 is 2.62 bits per heavy atom. The highest BCUT2D eigenvalue weighted by molar-refractivity contribution is 6.31. The van der Waals surface area contributed by atoms with Gasteiger partial charge in [-0.2, -0.15) is 0 Å². The zero-order valence-corrected chi connectivity index (χ0v) is 12.6. The van der Waals surface area contributed by atoms with E-state index in [2.05, 4.69) is 5.16 Å². The lowest BCUT2D eigenvalue weighted by Gasteiger charge is -2.02. The van der Waals surface area contributed by atoms with Crippen molar-refractivity contribution in [3.63, 3.8) is 0 Å². The lowest BCUT2D eigenvalue weighted by molar-refractivity contribution is -0.384. The number of oxime groups is 1. The van der Waals surface area contributed by atoms with Gasteiger partial charge in [-0.15, -0.1) is 0 Å². The SMILES string of the molecule is COc1ccc(/C=C2\C(=O)ON=C2c2cccc([N+](=O)[O-])c2)cc1. The van der Waals surface area contributed by atoms with Crippen molar-refractivity contribution in [2.75, 3.05) is 7.11 Å². The molecule has 0 radical (unpaired) electrons. The molecule has 0 amide bonds. The zero-order valence-electron chi connectivity index (χ0n) is 12.6. The summed E-state index contributed by atoms with van der Waals surface area (Å²) >= 11 is 0. The van der Waals surface area contributed by atoms with Gasteiger partial charge < -0.3 is 9.57 Å². The van der Waals surface area contributed by atoms with Gasteiger partial charge in [-0.1, -0.05) is 29.4 Å². The third kappa shape index (κ3) is 3.00. The molecule has 1 aliphatic heterocycles. The standard InChI is InChI=1S/C17H12N2O5/c1-23-14-7-5-11(6-8-14)9-15-16(18-24-17(15)20)12-3-2-4-13(10-12)19(21)22/h2-10H,1H3/b15-9-. The summed E-state index contributed by atoms with van der Waals surface area (Å²) < 4.78 is 5.09. The zero-order chi connectivity index (χ0) is 17.1. The number of methoxy groups -OCH3 is 1. The minimum absolute atomic E-state index is 0.0849. The molecule has 0 atom stereocenters. The summed E-state index contributed by atoms with van der Waals surface area (Å²) in [5.41, 5.74) is 1.61. The van der Waals surface area contributed by atoms with Gasteiger partial charge in [0.15, 0.2) is 0 Å². The second kappa shape index (κ2) is 6.33. The molecule has 2 aromatic carbocycles. The molecule has 0 bridgehead atoms. The van der Waals surface area contributed by atoms with Crippen molar-refractivity contribution in [2.45, 2.75) is 0 Å². The van der Waals surface area contributed by atoms with Crippen LogP contribution in [0.1, 0.15) is 11.1 Å². The summed E-state index contributed by atoms with van der Waals surface area (Å²) in [6.07, 6.45) is 1.62. The molecule has 0 N–H and O–H groups in total. The molecular weight excluding hydrogens is 312 g/mol. The highest BCUT2D eigenvalue weighted by Crippen LogP contribution is 2.24. The maximum atomic E-state index is 11.9. The average molecular weight is 324 g/mol. The topological polar surface area (TPSA) is 91.0 Å². The van der Waals surface area contributed by atoms with Crippen molar-refractivity contribution in [2.24, 2.45) is 5.16 Å². The minimum atomic E-state index is -0.604. The Morgan fingerprint density at radius 1 is 1.21 bits per heavy atom. The summed E-state index contributed by atoms with van der Waals surface area (Å²) in [5, 5.41) is 14.7. The Labute approximate surface area is 137 Å². The number of hydrogen-bond acceptors (Lipinski definition) is 6. The number of nitrogens with zero attached hydrogens (tertiary/aromatic N) is 2. The predicted octanol–water partition coefficient (Wildman–Crippen LogP) is 2.95. The van der Waals surface area contributed by atoms with E-state index < -0.39 is 10.9 Å². The van der Waals surface area contributed by atoms with E-state index in [1.807, 2.05) is 0 Å². The lowest BCUT2D eigenvalue weighted by atomic mass is 10.0. The number of nitro groups is 1. The molecule has 1 heterocycles. The monoisotopic (exact) mass is 324 g/mol. The van der Waals surface area contributed by atoms with Crippen LogP contribution in [0.2, 0.25) is 0 Å². The second-order valence-corrected chi connectivity index (χ2v) is 4.96. The van der Waals surface area contributed by atoms with Crippen LogP contribution in [-0.4, -0.2) is 23.7 Å². The van der Waals surface area contributed by atoms with E-state index in [9.17, 15) is 14.9 Å². The largest absolute Gasteiger partial charge is 0.497 e. The molecule has 0 unspecified atom stereocenters. The molecule has 120 valence electrons.